The van der Waals surface area contributed by atoms with Crippen LogP contribution >= 0.6 is 0 Å². The first-order chi connectivity index (χ1) is 12.5. The van der Waals surface area contributed by atoms with E-state index in [1.165, 1.54) is 12.1 Å². The molecule has 1 heterocycles. The molecule has 5 nitrogen and oxygen atoms in total. The number of halogens is 1. The molecule has 0 aliphatic carbocycles. The molecule has 0 saturated carbocycles. The number of hydrogen-bond acceptors (Lipinski definition) is 4. The van der Waals surface area contributed by atoms with Gasteiger partial charge in [0.1, 0.15) is 18.7 Å². The first kappa shape index (κ1) is 17.4. The van der Waals surface area contributed by atoms with Crippen LogP contribution in [-0.2, 0) is 6.61 Å². The SMILES string of the molecule is Cc1ccccc1NC(=O)c1cc(=O)c(OCc2ccc(F)cc2)co1. The minimum absolute atomic E-state index is 0.0261. The molecule has 2 aromatic carbocycles. The molecule has 0 radical (unpaired) electrons. The fourth-order valence-corrected chi connectivity index (χ4v) is 2.26. The number of ether oxygens (including phenoxy) is 1. The Labute approximate surface area is 149 Å². The van der Waals surface area contributed by atoms with Crippen molar-refractivity contribution in [2.45, 2.75) is 13.5 Å². The lowest BCUT2D eigenvalue weighted by atomic mass is 10.2. The number of carbonyl (C=O) groups excluding carboxylic acids is 1. The zero-order chi connectivity index (χ0) is 18.5. The number of nitrogens with one attached hydrogen (secondary N) is 1. The number of rotatable bonds is 5. The topological polar surface area (TPSA) is 68.5 Å². The predicted molar refractivity (Wildman–Crippen MR) is 94.8 cm³/mol. The number of carbonyl (C=O) groups is 1. The van der Waals surface area contributed by atoms with Crippen LogP contribution in [0.5, 0.6) is 5.75 Å². The summed E-state index contributed by atoms with van der Waals surface area (Å²) in [7, 11) is 0. The summed E-state index contributed by atoms with van der Waals surface area (Å²) in [4.78, 5) is 24.3. The summed E-state index contributed by atoms with van der Waals surface area (Å²) >= 11 is 0. The third kappa shape index (κ3) is 4.16. The van der Waals surface area contributed by atoms with Crippen LogP contribution in [0.3, 0.4) is 0 Å². The van der Waals surface area contributed by atoms with E-state index in [0.29, 0.717) is 11.3 Å². The highest BCUT2D eigenvalue weighted by molar-refractivity contribution is 6.02. The van der Waals surface area contributed by atoms with Crippen LogP contribution in [0, 0.1) is 12.7 Å². The summed E-state index contributed by atoms with van der Waals surface area (Å²) in [6.45, 7) is 1.94. The van der Waals surface area contributed by atoms with Gasteiger partial charge in [-0.25, -0.2) is 4.39 Å². The van der Waals surface area contributed by atoms with Gasteiger partial charge in [-0.2, -0.15) is 0 Å². The quantitative estimate of drug-likeness (QED) is 0.755. The lowest BCUT2D eigenvalue weighted by Gasteiger charge is -2.08. The third-order valence-corrected chi connectivity index (χ3v) is 3.72. The maximum Gasteiger partial charge on any atom is 0.291 e. The molecular formula is C20H16FNO4. The van der Waals surface area contributed by atoms with Crippen molar-refractivity contribution in [3.63, 3.8) is 0 Å². The van der Waals surface area contributed by atoms with E-state index in [4.69, 9.17) is 9.15 Å². The van der Waals surface area contributed by atoms with E-state index in [1.807, 2.05) is 19.1 Å². The smallest absolute Gasteiger partial charge is 0.291 e. The number of anilines is 1. The van der Waals surface area contributed by atoms with Crippen LogP contribution in [0.25, 0.3) is 0 Å². The van der Waals surface area contributed by atoms with Gasteiger partial charge in [-0.05, 0) is 36.2 Å². The Morgan fingerprint density at radius 2 is 1.88 bits per heavy atom. The summed E-state index contributed by atoms with van der Waals surface area (Å²) in [6, 6.07) is 14.1. The zero-order valence-electron chi connectivity index (χ0n) is 14.0. The molecule has 0 unspecified atom stereocenters. The monoisotopic (exact) mass is 353 g/mol. The molecule has 1 amide bonds. The Balaban J connectivity index is 1.69. The first-order valence-corrected chi connectivity index (χ1v) is 7.90. The molecule has 0 saturated heterocycles. The van der Waals surface area contributed by atoms with Crippen molar-refractivity contribution in [2.24, 2.45) is 0 Å². The number of benzene rings is 2. The number of aryl methyl sites for hydroxylation is 1. The molecular weight excluding hydrogens is 337 g/mol. The van der Waals surface area contributed by atoms with Crippen LogP contribution < -0.4 is 15.5 Å². The van der Waals surface area contributed by atoms with Crippen molar-refractivity contribution in [1.29, 1.82) is 0 Å². The lowest BCUT2D eigenvalue weighted by molar-refractivity contribution is 0.0993. The van der Waals surface area contributed by atoms with E-state index in [1.54, 1.807) is 24.3 Å². The van der Waals surface area contributed by atoms with Gasteiger partial charge in [-0.1, -0.05) is 30.3 Å². The van der Waals surface area contributed by atoms with Crippen molar-refractivity contribution >= 4 is 11.6 Å². The standard InChI is InChI=1S/C20H16FNO4/c1-13-4-2-3-5-16(13)22-20(24)18-10-17(23)19(12-26-18)25-11-14-6-8-15(21)9-7-14/h2-10,12H,11H2,1H3,(H,22,24). The molecule has 0 aliphatic heterocycles. The average molecular weight is 353 g/mol. The molecule has 1 N–H and O–H groups in total. The van der Waals surface area contributed by atoms with Crippen molar-refractivity contribution in [3.8, 4) is 5.75 Å². The minimum Gasteiger partial charge on any atom is -0.482 e. The molecule has 0 fully saturated rings. The van der Waals surface area contributed by atoms with Crippen molar-refractivity contribution < 1.29 is 18.3 Å². The summed E-state index contributed by atoms with van der Waals surface area (Å²) in [6.07, 6.45) is 1.10. The van der Waals surface area contributed by atoms with E-state index in [2.05, 4.69) is 5.32 Å². The first-order valence-electron chi connectivity index (χ1n) is 7.90. The molecule has 6 heteroatoms. The second-order valence-electron chi connectivity index (χ2n) is 5.66. The van der Waals surface area contributed by atoms with Gasteiger partial charge in [0.25, 0.3) is 5.91 Å². The van der Waals surface area contributed by atoms with Crippen molar-refractivity contribution in [1.82, 2.24) is 0 Å². The number of para-hydroxylation sites is 1. The molecule has 0 bridgehead atoms. The van der Waals surface area contributed by atoms with Crippen molar-refractivity contribution in [3.05, 3.63) is 93.8 Å². The average Bonchev–Trinajstić information content (AvgIpc) is 2.64. The highest BCUT2D eigenvalue weighted by Crippen LogP contribution is 2.15. The van der Waals surface area contributed by atoms with E-state index >= 15 is 0 Å². The van der Waals surface area contributed by atoms with Crippen LogP contribution in [0.4, 0.5) is 10.1 Å². The second-order valence-corrected chi connectivity index (χ2v) is 5.66. The highest BCUT2D eigenvalue weighted by atomic mass is 19.1. The Morgan fingerprint density at radius 3 is 2.58 bits per heavy atom. The predicted octanol–water partition coefficient (Wildman–Crippen LogP) is 3.92. The van der Waals surface area contributed by atoms with Gasteiger partial charge in [0.05, 0.1) is 0 Å². The van der Waals surface area contributed by atoms with E-state index in [0.717, 1.165) is 17.9 Å². The number of hydrogen-bond donors (Lipinski definition) is 1. The fraction of sp³-hybridized carbons (Fsp3) is 0.100. The highest BCUT2D eigenvalue weighted by Gasteiger charge is 2.13. The van der Waals surface area contributed by atoms with Gasteiger partial charge in [-0.3, -0.25) is 9.59 Å². The van der Waals surface area contributed by atoms with Gasteiger partial charge in [0.15, 0.2) is 5.76 Å². The van der Waals surface area contributed by atoms with Gasteiger partial charge in [0.2, 0.25) is 11.2 Å². The minimum atomic E-state index is -0.526. The molecule has 3 aromatic rings. The van der Waals surface area contributed by atoms with Gasteiger partial charge >= 0.3 is 0 Å². The van der Waals surface area contributed by atoms with Crippen LogP contribution in [0.1, 0.15) is 21.7 Å². The molecule has 26 heavy (non-hydrogen) atoms. The van der Waals surface area contributed by atoms with Gasteiger partial charge in [-0.15, -0.1) is 0 Å². The Bertz CT molecular complexity index is 980. The molecule has 3 rings (SSSR count). The Morgan fingerprint density at radius 1 is 1.15 bits per heavy atom. The van der Waals surface area contributed by atoms with E-state index < -0.39 is 11.3 Å². The molecule has 0 aliphatic rings. The van der Waals surface area contributed by atoms with E-state index in [-0.39, 0.29) is 23.9 Å². The maximum absolute atomic E-state index is 12.9. The summed E-state index contributed by atoms with van der Waals surface area (Å²) in [5.41, 5.74) is 1.75. The molecule has 0 spiro atoms. The summed E-state index contributed by atoms with van der Waals surface area (Å²) in [5.74, 6) is -1.02. The Hall–Kier alpha value is -3.41. The molecule has 1 aromatic heterocycles. The third-order valence-electron chi connectivity index (χ3n) is 3.72. The van der Waals surface area contributed by atoms with Crippen LogP contribution in [0.15, 0.2) is 70.1 Å². The van der Waals surface area contributed by atoms with Gasteiger partial charge in [0, 0.05) is 11.8 Å². The van der Waals surface area contributed by atoms with Gasteiger partial charge < -0.3 is 14.5 Å². The second kappa shape index (κ2) is 7.65. The Kier molecular flexibility index (Phi) is 5.12. The zero-order valence-corrected chi connectivity index (χ0v) is 14.0. The number of amides is 1. The normalized spacial score (nSPS) is 10.4. The molecule has 0 atom stereocenters. The summed E-state index contributed by atoms with van der Waals surface area (Å²) < 4.78 is 23.5. The maximum atomic E-state index is 12.9. The molecule has 132 valence electrons. The fourth-order valence-electron chi connectivity index (χ4n) is 2.26. The van der Waals surface area contributed by atoms with Crippen LogP contribution in [0.2, 0.25) is 0 Å². The lowest BCUT2D eigenvalue weighted by Crippen LogP contribution is -2.16. The van der Waals surface area contributed by atoms with E-state index in [9.17, 15) is 14.0 Å². The van der Waals surface area contributed by atoms with Crippen molar-refractivity contribution in [2.75, 3.05) is 5.32 Å². The summed E-state index contributed by atoms with van der Waals surface area (Å²) in [5, 5.41) is 2.69. The van der Waals surface area contributed by atoms with Crippen LogP contribution in [-0.4, -0.2) is 5.91 Å². The largest absolute Gasteiger partial charge is 0.482 e.